The second-order valence-electron chi connectivity index (χ2n) is 6.21. The van der Waals surface area contributed by atoms with Crippen LogP contribution in [0.25, 0.3) is 10.9 Å². The zero-order valence-electron chi connectivity index (χ0n) is 14.9. The molecule has 0 radical (unpaired) electrons. The molecule has 2 heterocycles. The van der Waals surface area contributed by atoms with Crippen molar-refractivity contribution in [3.8, 4) is 0 Å². The number of rotatable bonds is 5. The van der Waals surface area contributed by atoms with Crippen LogP contribution in [0.1, 0.15) is 16.1 Å². The Labute approximate surface area is 161 Å². The second kappa shape index (κ2) is 7.84. The third-order valence-corrected chi connectivity index (χ3v) is 4.30. The van der Waals surface area contributed by atoms with Gasteiger partial charge in [0.2, 0.25) is 0 Å². The number of halogens is 1. The molecule has 138 valence electrons. The van der Waals surface area contributed by atoms with Crippen LogP contribution in [-0.2, 0) is 6.54 Å². The Balaban J connectivity index is 1.51. The first-order chi connectivity index (χ1) is 13.7. The lowest BCUT2D eigenvalue weighted by atomic mass is 10.2. The maximum Gasteiger partial charge on any atom is 0.270 e. The van der Waals surface area contributed by atoms with Gasteiger partial charge in [0.25, 0.3) is 5.91 Å². The number of nitrogens with one attached hydrogen (secondary N) is 2. The van der Waals surface area contributed by atoms with E-state index in [1.165, 1.54) is 6.07 Å². The van der Waals surface area contributed by atoms with E-state index in [0.717, 1.165) is 16.6 Å². The van der Waals surface area contributed by atoms with Gasteiger partial charge in [-0.1, -0.05) is 36.4 Å². The normalized spacial score (nSPS) is 10.6. The minimum Gasteiger partial charge on any atom is -0.354 e. The first-order valence-corrected chi connectivity index (χ1v) is 8.79. The van der Waals surface area contributed by atoms with E-state index in [1.54, 1.807) is 42.7 Å². The molecule has 28 heavy (non-hydrogen) atoms. The lowest BCUT2D eigenvalue weighted by molar-refractivity contribution is 0.0945. The van der Waals surface area contributed by atoms with E-state index in [2.05, 4.69) is 20.6 Å². The van der Waals surface area contributed by atoms with Crippen LogP contribution in [0.2, 0.25) is 0 Å². The number of nitrogens with zero attached hydrogens (tertiary/aromatic N) is 2. The van der Waals surface area contributed by atoms with Crippen molar-refractivity contribution in [2.45, 2.75) is 6.54 Å². The predicted molar refractivity (Wildman–Crippen MR) is 107 cm³/mol. The summed E-state index contributed by atoms with van der Waals surface area (Å²) in [5.74, 6) is -0.724. The first-order valence-electron chi connectivity index (χ1n) is 8.79. The second-order valence-corrected chi connectivity index (χ2v) is 6.21. The van der Waals surface area contributed by atoms with Crippen LogP contribution < -0.4 is 10.6 Å². The Morgan fingerprint density at radius 3 is 2.68 bits per heavy atom. The molecule has 0 saturated carbocycles. The number of para-hydroxylation sites is 1. The molecular weight excluding hydrogens is 355 g/mol. The highest BCUT2D eigenvalue weighted by atomic mass is 19.1. The number of aromatic nitrogens is 2. The van der Waals surface area contributed by atoms with Crippen molar-refractivity contribution in [2.75, 3.05) is 5.32 Å². The summed E-state index contributed by atoms with van der Waals surface area (Å²) in [6.07, 6.45) is 3.29. The number of carbonyl (C=O) groups excluding carboxylic acids is 1. The monoisotopic (exact) mass is 372 g/mol. The van der Waals surface area contributed by atoms with Gasteiger partial charge in [0.15, 0.2) is 0 Å². The topological polar surface area (TPSA) is 66.9 Å². The molecule has 4 aromatic rings. The largest absolute Gasteiger partial charge is 0.354 e. The summed E-state index contributed by atoms with van der Waals surface area (Å²) in [6.45, 7) is 0.0953. The molecule has 0 aliphatic heterocycles. The van der Waals surface area contributed by atoms with E-state index in [-0.39, 0.29) is 24.0 Å². The van der Waals surface area contributed by atoms with Crippen LogP contribution in [0.15, 0.2) is 79.1 Å². The molecule has 2 N–H and O–H groups in total. The van der Waals surface area contributed by atoms with Gasteiger partial charge in [0.05, 0.1) is 11.2 Å². The van der Waals surface area contributed by atoms with Gasteiger partial charge in [-0.15, -0.1) is 0 Å². The summed E-state index contributed by atoms with van der Waals surface area (Å²) < 4.78 is 13.7. The first kappa shape index (κ1) is 17.6. The Morgan fingerprint density at radius 2 is 1.79 bits per heavy atom. The van der Waals surface area contributed by atoms with Crippen molar-refractivity contribution < 1.29 is 9.18 Å². The molecule has 1 amide bonds. The quantitative estimate of drug-likeness (QED) is 0.543. The maximum absolute atomic E-state index is 13.7. The van der Waals surface area contributed by atoms with E-state index < -0.39 is 0 Å². The summed E-state index contributed by atoms with van der Waals surface area (Å²) in [5, 5.41) is 7.00. The number of carbonyl (C=O) groups is 1. The summed E-state index contributed by atoms with van der Waals surface area (Å²) in [7, 11) is 0. The molecule has 0 saturated heterocycles. The third kappa shape index (κ3) is 3.81. The standard InChI is InChI=1S/C22H17FN4O/c23-18-8-2-1-5-16(18)14-26-22(28)20-13-17(10-12-24-20)27-19-9-3-6-15-7-4-11-25-21(15)19/h1-13H,14H2,(H,24,27)(H,26,28). The van der Waals surface area contributed by atoms with Crippen LogP contribution in [-0.4, -0.2) is 15.9 Å². The minimum atomic E-state index is -0.372. The molecule has 0 aliphatic rings. The highest BCUT2D eigenvalue weighted by Gasteiger charge is 2.10. The average Bonchev–Trinajstić information content (AvgIpc) is 2.73. The summed E-state index contributed by atoms with van der Waals surface area (Å²) in [4.78, 5) is 20.9. The van der Waals surface area contributed by atoms with E-state index >= 15 is 0 Å². The van der Waals surface area contributed by atoms with Crippen molar-refractivity contribution in [1.29, 1.82) is 0 Å². The summed E-state index contributed by atoms with van der Waals surface area (Å²) in [6, 6.07) is 19.5. The van der Waals surface area contributed by atoms with Crippen molar-refractivity contribution >= 4 is 28.2 Å². The van der Waals surface area contributed by atoms with Gasteiger partial charge in [0.1, 0.15) is 11.5 Å². The van der Waals surface area contributed by atoms with Crippen molar-refractivity contribution in [2.24, 2.45) is 0 Å². The maximum atomic E-state index is 13.7. The fraction of sp³-hybridized carbons (Fsp3) is 0.0455. The molecule has 2 aromatic heterocycles. The van der Waals surface area contributed by atoms with Crippen LogP contribution >= 0.6 is 0 Å². The van der Waals surface area contributed by atoms with Gasteiger partial charge < -0.3 is 10.6 Å². The van der Waals surface area contributed by atoms with Crippen molar-refractivity contribution in [1.82, 2.24) is 15.3 Å². The van der Waals surface area contributed by atoms with Crippen molar-refractivity contribution in [3.63, 3.8) is 0 Å². The number of hydrogen-bond acceptors (Lipinski definition) is 4. The molecular formula is C22H17FN4O. The Morgan fingerprint density at radius 1 is 0.929 bits per heavy atom. The SMILES string of the molecule is O=C(NCc1ccccc1F)c1cc(Nc2cccc3cccnc23)ccn1. The number of hydrogen-bond donors (Lipinski definition) is 2. The zero-order chi connectivity index (χ0) is 19.3. The number of benzene rings is 2. The zero-order valence-corrected chi connectivity index (χ0v) is 14.9. The number of pyridine rings is 2. The Bertz CT molecular complexity index is 1140. The summed E-state index contributed by atoms with van der Waals surface area (Å²) >= 11 is 0. The summed E-state index contributed by atoms with van der Waals surface area (Å²) in [5.41, 5.74) is 3.06. The average molecular weight is 372 g/mol. The highest BCUT2D eigenvalue weighted by molar-refractivity contribution is 5.95. The van der Waals surface area contributed by atoms with E-state index in [0.29, 0.717) is 11.3 Å². The highest BCUT2D eigenvalue weighted by Crippen LogP contribution is 2.24. The number of anilines is 2. The van der Waals surface area contributed by atoms with Gasteiger partial charge in [0, 0.05) is 35.6 Å². The lowest BCUT2D eigenvalue weighted by Gasteiger charge is -2.10. The molecule has 0 bridgehead atoms. The third-order valence-electron chi connectivity index (χ3n) is 4.30. The fourth-order valence-corrected chi connectivity index (χ4v) is 2.90. The minimum absolute atomic E-state index is 0.0953. The smallest absolute Gasteiger partial charge is 0.270 e. The predicted octanol–water partition coefficient (Wildman–Crippen LogP) is 4.44. The van der Waals surface area contributed by atoms with Crippen LogP contribution in [0.4, 0.5) is 15.8 Å². The van der Waals surface area contributed by atoms with Crippen LogP contribution in [0, 0.1) is 5.82 Å². The molecule has 0 fully saturated rings. The molecule has 0 aliphatic carbocycles. The number of amides is 1. The number of fused-ring (bicyclic) bond motifs is 1. The van der Waals surface area contributed by atoms with Gasteiger partial charge in [-0.05, 0) is 30.3 Å². The molecule has 0 atom stereocenters. The molecule has 6 heteroatoms. The van der Waals surface area contributed by atoms with Crippen LogP contribution in [0.3, 0.4) is 0 Å². The van der Waals surface area contributed by atoms with Gasteiger partial charge >= 0.3 is 0 Å². The molecule has 5 nitrogen and oxygen atoms in total. The molecule has 0 spiro atoms. The van der Waals surface area contributed by atoms with E-state index in [1.807, 2.05) is 30.3 Å². The fourth-order valence-electron chi connectivity index (χ4n) is 2.90. The van der Waals surface area contributed by atoms with Gasteiger partial charge in [-0.2, -0.15) is 0 Å². The van der Waals surface area contributed by atoms with Crippen molar-refractivity contribution in [3.05, 3.63) is 96.2 Å². The molecule has 4 rings (SSSR count). The molecule has 0 unspecified atom stereocenters. The van der Waals surface area contributed by atoms with Crippen LogP contribution in [0.5, 0.6) is 0 Å². The lowest BCUT2D eigenvalue weighted by Crippen LogP contribution is -2.24. The van der Waals surface area contributed by atoms with E-state index in [4.69, 9.17) is 0 Å². The Hall–Kier alpha value is -3.80. The Kier molecular flexibility index (Phi) is 4.93. The van der Waals surface area contributed by atoms with E-state index in [9.17, 15) is 9.18 Å². The van der Waals surface area contributed by atoms with Gasteiger partial charge in [-0.3, -0.25) is 14.8 Å². The molecule has 2 aromatic carbocycles. The van der Waals surface area contributed by atoms with Gasteiger partial charge in [-0.25, -0.2) is 4.39 Å².